The molecule has 1 saturated carbocycles. The molecule has 0 aromatic heterocycles. The molecule has 1 aliphatic heterocycles. The number of likely N-dealkylation sites (tertiary alicyclic amines) is 1. The van der Waals surface area contributed by atoms with Gasteiger partial charge in [0, 0.05) is 12.1 Å². The first-order valence-corrected chi connectivity index (χ1v) is 7.15. The predicted molar refractivity (Wildman–Crippen MR) is 76.8 cm³/mol. The Kier molecular flexibility index (Phi) is 3.35. The van der Waals surface area contributed by atoms with Crippen molar-refractivity contribution in [2.45, 2.75) is 70.3 Å². The third kappa shape index (κ3) is 2.03. The van der Waals surface area contributed by atoms with Crippen molar-refractivity contribution in [3.05, 3.63) is 0 Å². The van der Waals surface area contributed by atoms with Gasteiger partial charge in [0.15, 0.2) is 0 Å². The largest absolute Gasteiger partial charge is 0.360 e. The normalized spacial score (nSPS) is 40.0. The van der Waals surface area contributed by atoms with Crippen molar-refractivity contribution >= 4 is 25.1 Å². The molecule has 1 saturated heterocycles. The smallest absolute Gasteiger partial charge is 0.109 e. The third-order valence-corrected chi connectivity index (χ3v) is 5.08. The van der Waals surface area contributed by atoms with Gasteiger partial charge in [-0.15, -0.1) is 0 Å². The summed E-state index contributed by atoms with van der Waals surface area (Å²) in [6.07, 6.45) is 6.58. The second-order valence-electron chi connectivity index (χ2n) is 6.49. The zero-order valence-corrected chi connectivity index (χ0v) is 11.9. The second kappa shape index (κ2) is 4.32. The van der Waals surface area contributed by atoms with Gasteiger partial charge >= 0.3 is 0 Å². The molecule has 16 heavy (non-hydrogen) atoms. The van der Waals surface area contributed by atoms with Gasteiger partial charge in [0.2, 0.25) is 0 Å². The highest BCUT2D eigenvalue weighted by Crippen LogP contribution is 2.50. The number of hydrogen-bond acceptors (Lipinski definition) is 1. The van der Waals surface area contributed by atoms with Crippen LogP contribution in [0.4, 0.5) is 0 Å². The Morgan fingerprint density at radius 3 is 2.75 bits per heavy atom. The Labute approximate surface area is 106 Å². The molecule has 0 radical (unpaired) electrons. The lowest BCUT2D eigenvalue weighted by molar-refractivity contribution is 0.0897. The van der Waals surface area contributed by atoms with Crippen molar-refractivity contribution in [2.75, 3.05) is 0 Å². The topological polar surface area (TPSA) is 3.24 Å². The number of hydrogen-bond donors (Lipinski definition) is 0. The van der Waals surface area contributed by atoms with Crippen LogP contribution < -0.4 is 0 Å². The molecular formula is C13H24BNS. The lowest BCUT2D eigenvalue weighted by Crippen LogP contribution is -2.55. The van der Waals surface area contributed by atoms with Gasteiger partial charge in [-0.3, -0.25) is 0 Å². The summed E-state index contributed by atoms with van der Waals surface area (Å²) in [5.74, 6) is 0.857. The fourth-order valence-electron chi connectivity index (χ4n) is 3.85. The lowest BCUT2D eigenvalue weighted by Gasteiger charge is -2.54. The molecule has 1 aliphatic carbocycles. The van der Waals surface area contributed by atoms with E-state index in [9.17, 15) is 0 Å². The predicted octanol–water partition coefficient (Wildman–Crippen LogP) is 2.80. The lowest BCUT2D eigenvalue weighted by atomic mass is 9.52. The van der Waals surface area contributed by atoms with Gasteiger partial charge in [0.25, 0.3) is 0 Å². The summed E-state index contributed by atoms with van der Waals surface area (Å²) in [4.78, 5) is 3.76. The summed E-state index contributed by atoms with van der Waals surface area (Å²) in [7, 11) is 2.46. The highest BCUT2D eigenvalue weighted by molar-refractivity contribution is 7.80. The van der Waals surface area contributed by atoms with E-state index in [1.165, 1.54) is 30.7 Å². The van der Waals surface area contributed by atoms with Crippen LogP contribution in [0.25, 0.3) is 0 Å². The Morgan fingerprint density at radius 1 is 1.44 bits per heavy atom. The first kappa shape index (κ1) is 12.4. The molecule has 90 valence electrons. The van der Waals surface area contributed by atoms with Crippen LogP contribution in [0.3, 0.4) is 0 Å². The zero-order valence-electron chi connectivity index (χ0n) is 11.1. The average molecular weight is 237 g/mol. The molecule has 0 aromatic rings. The Morgan fingerprint density at radius 2 is 2.12 bits per heavy atom. The molecule has 0 amide bonds. The van der Waals surface area contributed by atoms with Crippen LogP contribution >= 0.6 is 12.2 Å². The summed E-state index contributed by atoms with van der Waals surface area (Å²) in [6.45, 7) is 7.03. The van der Waals surface area contributed by atoms with Gasteiger partial charge in [0.1, 0.15) is 7.85 Å². The van der Waals surface area contributed by atoms with Gasteiger partial charge in [-0.05, 0) is 39.0 Å². The van der Waals surface area contributed by atoms with Crippen molar-refractivity contribution in [2.24, 2.45) is 5.92 Å². The Bertz CT molecular complexity index is 288. The molecule has 3 heteroatoms. The fourth-order valence-corrected chi connectivity index (χ4v) is 4.32. The van der Waals surface area contributed by atoms with E-state index in [2.05, 4.69) is 33.5 Å². The maximum Gasteiger partial charge on any atom is 0.109 e. The first-order chi connectivity index (χ1) is 7.43. The van der Waals surface area contributed by atoms with Crippen LogP contribution in [0.5, 0.6) is 0 Å². The van der Waals surface area contributed by atoms with E-state index in [1.54, 1.807) is 0 Å². The molecule has 0 aromatic carbocycles. The van der Waals surface area contributed by atoms with E-state index in [0.717, 1.165) is 18.4 Å². The molecule has 2 rings (SSSR count). The molecule has 2 fully saturated rings. The van der Waals surface area contributed by atoms with Crippen molar-refractivity contribution in [3.63, 3.8) is 0 Å². The highest BCUT2D eigenvalue weighted by Gasteiger charge is 2.44. The van der Waals surface area contributed by atoms with Gasteiger partial charge in [-0.25, -0.2) is 0 Å². The molecule has 3 unspecified atom stereocenters. The van der Waals surface area contributed by atoms with E-state index in [4.69, 9.17) is 12.2 Å². The van der Waals surface area contributed by atoms with E-state index in [1.807, 2.05) is 0 Å². The van der Waals surface area contributed by atoms with Crippen LogP contribution in [0, 0.1) is 5.92 Å². The molecule has 0 spiro atoms. The van der Waals surface area contributed by atoms with Gasteiger partial charge in [-0.1, -0.05) is 37.3 Å². The van der Waals surface area contributed by atoms with Crippen molar-refractivity contribution in [1.82, 2.24) is 4.90 Å². The number of thiocarbonyl (C=S) groups is 1. The fraction of sp³-hybridized carbons (Fsp3) is 0.923. The van der Waals surface area contributed by atoms with E-state index in [0.29, 0.717) is 11.4 Å². The van der Waals surface area contributed by atoms with Crippen molar-refractivity contribution in [3.8, 4) is 0 Å². The van der Waals surface area contributed by atoms with Crippen LogP contribution in [0.1, 0.15) is 52.9 Å². The molecule has 0 N–H and O–H groups in total. The van der Waals surface area contributed by atoms with Crippen molar-refractivity contribution in [1.29, 1.82) is 0 Å². The van der Waals surface area contributed by atoms with Crippen LogP contribution in [0.2, 0.25) is 5.31 Å². The molecule has 1 heterocycles. The molecule has 1 nitrogen and oxygen atoms in total. The maximum atomic E-state index is 5.57. The van der Waals surface area contributed by atoms with Crippen LogP contribution in [-0.2, 0) is 0 Å². The Balaban J connectivity index is 2.24. The maximum absolute atomic E-state index is 5.57. The van der Waals surface area contributed by atoms with Crippen LogP contribution in [-0.4, -0.2) is 29.8 Å². The standard InChI is InChI=1S/C13H24BNS/c1-9(2)15-11-5-4-8-13(3,14)10(11)6-7-12(15)16/h9-11H,4-8,14H2,1-3H3. The van der Waals surface area contributed by atoms with E-state index < -0.39 is 0 Å². The van der Waals surface area contributed by atoms with Gasteiger partial charge in [0.05, 0.1) is 4.99 Å². The summed E-state index contributed by atoms with van der Waals surface area (Å²) in [5, 5.41) is 0.520. The van der Waals surface area contributed by atoms with E-state index in [-0.39, 0.29) is 0 Å². The number of fused-ring (bicyclic) bond motifs is 1. The summed E-state index contributed by atoms with van der Waals surface area (Å²) >= 11 is 5.57. The molecule has 3 atom stereocenters. The Hall–Kier alpha value is -0.0451. The van der Waals surface area contributed by atoms with E-state index >= 15 is 0 Å². The first-order valence-electron chi connectivity index (χ1n) is 6.74. The van der Waals surface area contributed by atoms with Gasteiger partial charge < -0.3 is 4.90 Å². The highest BCUT2D eigenvalue weighted by atomic mass is 32.1. The molecule has 0 bridgehead atoms. The third-order valence-electron chi connectivity index (χ3n) is 4.66. The monoisotopic (exact) mass is 237 g/mol. The SMILES string of the molecule is BC1(C)CCCC2C1CCC(=S)N2C(C)C. The molecular weight excluding hydrogens is 213 g/mol. The second-order valence-corrected chi connectivity index (χ2v) is 6.96. The van der Waals surface area contributed by atoms with Gasteiger partial charge in [-0.2, -0.15) is 0 Å². The van der Waals surface area contributed by atoms with Crippen LogP contribution in [0.15, 0.2) is 0 Å². The number of nitrogens with zero attached hydrogens (tertiary/aromatic N) is 1. The number of rotatable bonds is 1. The summed E-state index contributed by atoms with van der Waals surface area (Å²) in [6, 6.07) is 1.30. The minimum absolute atomic E-state index is 0.520. The summed E-state index contributed by atoms with van der Waals surface area (Å²) < 4.78 is 0. The summed E-state index contributed by atoms with van der Waals surface area (Å²) in [5.41, 5.74) is 0. The van der Waals surface area contributed by atoms with Crippen molar-refractivity contribution < 1.29 is 0 Å². The average Bonchev–Trinajstić information content (AvgIpc) is 2.15. The number of piperidine rings is 1. The minimum atomic E-state index is 0.520. The zero-order chi connectivity index (χ0) is 11.9. The quantitative estimate of drug-likeness (QED) is 0.509. The molecule has 2 aliphatic rings. The minimum Gasteiger partial charge on any atom is -0.360 e.